The zero-order valence-electron chi connectivity index (χ0n) is 20.5. The third kappa shape index (κ3) is 6.96. The molecule has 1 unspecified atom stereocenters. The van der Waals surface area contributed by atoms with Gasteiger partial charge in [0.2, 0.25) is 0 Å². The van der Waals surface area contributed by atoms with Crippen molar-refractivity contribution in [1.82, 2.24) is 14.6 Å². The molecule has 1 aromatic carbocycles. The summed E-state index contributed by atoms with van der Waals surface area (Å²) in [6, 6.07) is 6.95. The van der Waals surface area contributed by atoms with Crippen molar-refractivity contribution in [3.05, 3.63) is 61.8 Å². The summed E-state index contributed by atoms with van der Waals surface area (Å²) in [6.45, 7) is 5.40. The third-order valence-electron chi connectivity index (χ3n) is 5.37. The molecular formula is C22H29BrN3O10P. The summed E-state index contributed by atoms with van der Waals surface area (Å²) in [7, 11) is -4.28. The molecule has 1 aromatic heterocycles. The van der Waals surface area contributed by atoms with E-state index in [9.17, 15) is 29.2 Å². The second kappa shape index (κ2) is 11.6. The van der Waals surface area contributed by atoms with Gasteiger partial charge in [0.05, 0.1) is 17.2 Å². The number of aliphatic hydroxyl groups excluding tert-OH is 1. The van der Waals surface area contributed by atoms with Crippen molar-refractivity contribution < 1.29 is 38.1 Å². The van der Waals surface area contributed by atoms with Crippen LogP contribution in [-0.2, 0) is 23.4 Å². The second-order valence-corrected chi connectivity index (χ2v) is 11.4. The van der Waals surface area contributed by atoms with Crippen LogP contribution in [0.5, 0.6) is 5.75 Å². The number of esters is 1. The van der Waals surface area contributed by atoms with Crippen LogP contribution in [-0.4, -0.2) is 62.3 Å². The highest BCUT2D eigenvalue weighted by molar-refractivity contribution is 9.10. The molecule has 2 heterocycles. The lowest BCUT2D eigenvalue weighted by Gasteiger charge is -2.27. The Kier molecular flexibility index (Phi) is 9.17. The summed E-state index contributed by atoms with van der Waals surface area (Å²) in [5, 5.41) is 24.2. The highest BCUT2D eigenvalue weighted by Crippen LogP contribution is 2.46. The molecule has 1 aliphatic heterocycles. The number of carbonyl (C=O) groups is 1. The number of hydrogen-bond donors (Lipinski definition) is 4. The topological polar surface area (TPSA) is 178 Å². The number of para-hydroxylation sites is 1. The Hall–Kier alpha value is -2.32. The minimum absolute atomic E-state index is 0.00655. The first kappa shape index (κ1) is 29.2. The lowest BCUT2D eigenvalue weighted by Crippen LogP contribution is -2.47. The van der Waals surface area contributed by atoms with Crippen molar-refractivity contribution in [1.29, 1.82) is 0 Å². The lowest BCUT2D eigenvalue weighted by molar-refractivity contribution is -0.149. The molecule has 3 rings (SSSR count). The number of benzene rings is 1. The van der Waals surface area contributed by atoms with Crippen LogP contribution in [0.15, 0.2) is 50.6 Å². The number of nitrogens with one attached hydrogen (secondary N) is 2. The van der Waals surface area contributed by atoms with Crippen LogP contribution in [0.2, 0.25) is 0 Å². The monoisotopic (exact) mass is 605 g/mol. The van der Waals surface area contributed by atoms with E-state index < -0.39 is 67.8 Å². The van der Waals surface area contributed by atoms with Gasteiger partial charge in [-0.05, 0) is 55.8 Å². The zero-order chi connectivity index (χ0) is 27.5. The maximum atomic E-state index is 13.6. The number of aliphatic hydroxyl groups is 2. The van der Waals surface area contributed by atoms with Crippen LogP contribution in [0.1, 0.15) is 33.9 Å². The molecule has 0 saturated carbocycles. The Morgan fingerprint density at radius 3 is 2.57 bits per heavy atom. The minimum atomic E-state index is -4.28. The molecule has 0 aliphatic carbocycles. The van der Waals surface area contributed by atoms with E-state index in [2.05, 4.69) is 26.0 Å². The quantitative estimate of drug-likeness (QED) is 0.227. The number of H-pyrrole nitrogens is 1. The molecule has 0 amide bonds. The normalized spacial score (nSPS) is 26.0. The van der Waals surface area contributed by atoms with Crippen molar-refractivity contribution in [2.24, 2.45) is 0 Å². The molecule has 1 saturated heterocycles. The van der Waals surface area contributed by atoms with Gasteiger partial charge < -0.3 is 24.2 Å². The Bertz CT molecular complexity index is 1270. The fourth-order valence-electron chi connectivity index (χ4n) is 3.52. The van der Waals surface area contributed by atoms with Gasteiger partial charge in [0.1, 0.15) is 29.6 Å². The van der Waals surface area contributed by atoms with Gasteiger partial charge in [0, 0.05) is 6.20 Å². The SMILES string of the molecule is CC(C)OC(=O)[C@@H](C)N[P@@](=O)(OC[C@H]1OC(n2cc(Br)c(=O)[nH]c2=O)[C@](C)(O)[C@@H]1O)Oc1ccccc1. The van der Waals surface area contributed by atoms with Gasteiger partial charge >= 0.3 is 19.4 Å². The van der Waals surface area contributed by atoms with E-state index in [0.29, 0.717) is 0 Å². The number of hydrogen-bond acceptors (Lipinski definition) is 10. The number of carbonyl (C=O) groups excluding carboxylic acids is 1. The van der Waals surface area contributed by atoms with Crippen LogP contribution < -0.4 is 20.9 Å². The van der Waals surface area contributed by atoms with Crippen molar-refractivity contribution in [3.63, 3.8) is 0 Å². The van der Waals surface area contributed by atoms with E-state index in [1.807, 2.05) is 0 Å². The fourth-order valence-corrected chi connectivity index (χ4v) is 5.34. The van der Waals surface area contributed by atoms with Gasteiger partial charge in [-0.1, -0.05) is 18.2 Å². The first-order valence-electron chi connectivity index (χ1n) is 11.3. The van der Waals surface area contributed by atoms with E-state index in [1.54, 1.807) is 32.0 Å². The molecule has 13 nitrogen and oxygen atoms in total. The van der Waals surface area contributed by atoms with Crippen LogP contribution in [0.3, 0.4) is 0 Å². The first-order valence-corrected chi connectivity index (χ1v) is 13.6. The molecule has 6 atom stereocenters. The molecule has 37 heavy (non-hydrogen) atoms. The number of aromatic nitrogens is 2. The molecule has 0 bridgehead atoms. The number of aromatic amines is 1. The largest absolute Gasteiger partial charge is 0.462 e. The van der Waals surface area contributed by atoms with E-state index in [0.717, 1.165) is 10.8 Å². The van der Waals surface area contributed by atoms with E-state index >= 15 is 0 Å². The van der Waals surface area contributed by atoms with Crippen LogP contribution in [0.4, 0.5) is 0 Å². The number of rotatable bonds is 10. The summed E-state index contributed by atoms with van der Waals surface area (Å²) in [4.78, 5) is 38.4. The van der Waals surface area contributed by atoms with Gasteiger partial charge in [-0.25, -0.2) is 9.36 Å². The fraction of sp³-hybridized carbons (Fsp3) is 0.500. The Balaban J connectivity index is 1.82. The van der Waals surface area contributed by atoms with Crippen LogP contribution >= 0.6 is 23.7 Å². The van der Waals surface area contributed by atoms with E-state index in [-0.39, 0.29) is 10.2 Å². The summed E-state index contributed by atoms with van der Waals surface area (Å²) in [5.74, 6) is -0.524. The third-order valence-corrected chi connectivity index (χ3v) is 7.57. The molecule has 1 aliphatic rings. The van der Waals surface area contributed by atoms with Gasteiger partial charge in [0.25, 0.3) is 5.56 Å². The van der Waals surface area contributed by atoms with Gasteiger partial charge in [-0.2, -0.15) is 5.09 Å². The van der Waals surface area contributed by atoms with Gasteiger partial charge in [-0.15, -0.1) is 0 Å². The molecule has 0 radical (unpaired) electrons. The molecule has 2 aromatic rings. The average molecular weight is 606 g/mol. The van der Waals surface area contributed by atoms with Gasteiger partial charge in [0.15, 0.2) is 6.23 Å². The van der Waals surface area contributed by atoms with Gasteiger partial charge in [-0.3, -0.25) is 23.7 Å². The average Bonchev–Trinajstić information content (AvgIpc) is 3.03. The second-order valence-electron chi connectivity index (χ2n) is 8.88. The molecular weight excluding hydrogens is 577 g/mol. The number of halogens is 1. The smallest absolute Gasteiger partial charge is 0.459 e. The predicted molar refractivity (Wildman–Crippen MR) is 134 cm³/mol. The molecule has 1 fully saturated rings. The van der Waals surface area contributed by atoms with Crippen molar-refractivity contribution >= 4 is 29.6 Å². The van der Waals surface area contributed by atoms with Crippen LogP contribution in [0.25, 0.3) is 0 Å². The Morgan fingerprint density at radius 2 is 1.95 bits per heavy atom. The van der Waals surface area contributed by atoms with Crippen molar-refractivity contribution in [2.75, 3.05) is 6.61 Å². The zero-order valence-corrected chi connectivity index (χ0v) is 23.0. The standard InChI is InChI=1S/C22H29BrN3O10P/c1-12(2)34-19(29)13(3)25-37(32,36-14-8-6-5-7-9-14)33-11-16-17(27)22(4,31)20(35-16)26-10-15(23)18(28)24-21(26)30/h5-10,12-13,16-17,20,27,31H,11H2,1-4H3,(H,25,32)(H,24,28,30)/t13-,16-,17-,20?,22-,37-/m1/s1. The predicted octanol–water partition coefficient (Wildman–Crippen LogP) is 1.44. The lowest BCUT2D eigenvalue weighted by atomic mass is 9.96. The molecule has 15 heteroatoms. The molecule has 0 spiro atoms. The first-order chi connectivity index (χ1) is 17.2. The summed E-state index contributed by atoms with van der Waals surface area (Å²) in [6.07, 6.45) is -3.62. The highest BCUT2D eigenvalue weighted by atomic mass is 79.9. The Morgan fingerprint density at radius 1 is 1.30 bits per heavy atom. The summed E-state index contributed by atoms with van der Waals surface area (Å²) in [5.41, 5.74) is -3.58. The van der Waals surface area contributed by atoms with E-state index in [4.69, 9.17) is 18.5 Å². The van der Waals surface area contributed by atoms with Crippen molar-refractivity contribution in [2.45, 2.75) is 63.9 Å². The Labute approximate surface area is 220 Å². The minimum Gasteiger partial charge on any atom is -0.462 e. The highest BCUT2D eigenvalue weighted by Gasteiger charge is 2.54. The van der Waals surface area contributed by atoms with Crippen molar-refractivity contribution in [3.8, 4) is 5.75 Å². The molecule has 4 N–H and O–H groups in total. The number of ether oxygens (including phenoxy) is 2. The maximum Gasteiger partial charge on any atom is 0.459 e. The number of nitrogens with zero attached hydrogens (tertiary/aromatic N) is 1. The van der Waals surface area contributed by atoms with E-state index in [1.165, 1.54) is 26.0 Å². The molecule has 204 valence electrons. The summed E-state index contributed by atoms with van der Waals surface area (Å²) >= 11 is 3.01. The van der Waals surface area contributed by atoms with Crippen LogP contribution in [0, 0.1) is 0 Å². The maximum absolute atomic E-state index is 13.6. The summed E-state index contributed by atoms with van der Waals surface area (Å²) < 4.78 is 36.4.